The Kier molecular flexibility index (Phi) is 4.44. The monoisotopic (exact) mass is 352 g/mol. The van der Waals surface area contributed by atoms with Crippen molar-refractivity contribution in [3.63, 3.8) is 0 Å². The van der Waals surface area contributed by atoms with Gasteiger partial charge in [-0.05, 0) is 29.2 Å². The summed E-state index contributed by atoms with van der Waals surface area (Å²) in [4.78, 5) is 11.2. The second-order valence-electron chi connectivity index (χ2n) is 6.41. The number of aromatic nitrogens is 3. The van der Waals surface area contributed by atoms with Gasteiger partial charge in [0.1, 0.15) is 5.82 Å². The third-order valence-corrected chi connectivity index (χ3v) is 5.52. The molecule has 0 unspecified atom stereocenters. The Balaban J connectivity index is 1.57. The fraction of sp³-hybridized carbons (Fsp3) is 0.316. The van der Waals surface area contributed by atoms with E-state index in [9.17, 15) is 4.79 Å². The maximum absolute atomic E-state index is 11.2. The van der Waals surface area contributed by atoms with Crippen molar-refractivity contribution in [3.05, 3.63) is 53.9 Å². The number of nitrogens with two attached hydrogens (primary N) is 1. The zero-order valence-corrected chi connectivity index (χ0v) is 14.7. The first-order valence-corrected chi connectivity index (χ1v) is 9.52. The molecule has 2 aromatic carbocycles. The highest BCUT2D eigenvalue weighted by molar-refractivity contribution is 7.98. The highest BCUT2D eigenvalue weighted by atomic mass is 32.2. The number of benzene rings is 2. The minimum absolute atomic E-state index is 0.291. The summed E-state index contributed by atoms with van der Waals surface area (Å²) in [6.07, 6.45) is 2.63. The maximum Gasteiger partial charge on any atom is 0.219 e. The van der Waals surface area contributed by atoms with Gasteiger partial charge in [-0.15, -0.1) is 10.2 Å². The molecule has 4 rings (SSSR count). The van der Waals surface area contributed by atoms with Crippen molar-refractivity contribution in [2.24, 2.45) is 5.73 Å². The number of nitrogens with zero attached hydrogens (tertiary/aromatic N) is 3. The normalized spacial score (nSPS) is 14.1. The maximum atomic E-state index is 11.2. The van der Waals surface area contributed by atoms with Crippen LogP contribution >= 0.6 is 11.8 Å². The Morgan fingerprint density at radius 2 is 1.96 bits per heavy atom. The Hall–Kier alpha value is -2.34. The van der Waals surface area contributed by atoms with Crippen LogP contribution in [0.4, 0.5) is 0 Å². The number of amides is 1. The van der Waals surface area contributed by atoms with Crippen LogP contribution < -0.4 is 5.73 Å². The van der Waals surface area contributed by atoms with E-state index in [1.807, 2.05) is 0 Å². The second kappa shape index (κ2) is 6.88. The van der Waals surface area contributed by atoms with Gasteiger partial charge in [-0.2, -0.15) is 0 Å². The first-order valence-electron chi connectivity index (χ1n) is 8.53. The lowest BCUT2D eigenvalue weighted by atomic mass is 10.1. The topological polar surface area (TPSA) is 73.8 Å². The molecule has 2 N–H and O–H groups in total. The molecule has 0 aliphatic heterocycles. The number of hydrogen-bond acceptors (Lipinski definition) is 4. The van der Waals surface area contributed by atoms with E-state index >= 15 is 0 Å². The summed E-state index contributed by atoms with van der Waals surface area (Å²) in [5, 5.41) is 12.1. The van der Waals surface area contributed by atoms with Crippen LogP contribution in [-0.4, -0.2) is 20.7 Å². The minimum Gasteiger partial charge on any atom is -0.370 e. The van der Waals surface area contributed by atoms with Gasteiger partial charge in [0.05, 0.1) is 0 Å². The molecule has 1 fully saturated rings. The fourth-order valence-electron chi connectivity index (χ4n) is 3.04. The highest BCUT2D eigenvalue weighted by Crippen LogP contribution is 2.40. The van der Waals surface area contributed by atoms with Crippen LogP contribution in [0.2, 0.25) is 0 Å². The molecule has 1 aliphatic carbocycles. The van der Waals surface area contributed by atoms with Crippen molar-refractivity contribution in [2.75, 3.05) is 0 Å². The minimum atomic E-state index is -0.291. The zero-order chi connectivity index (χ0) is 17.2. The molecule has 6 heteroatoms. The lowest BCUT2D eigenvalue weighted by Crippen LogP contribution is -2.15. The van der Waals surface area contributed by atoms with Crippen LogP contribution in [0.15, 0.2) is 47.6 Å². The van der Waals surface area contributed by atoms with Gasteiger partial charge >= 0.3 is 0 Å². The van der Waals surface area contributed by atoms with E-state index in [1.165, 1.54) is 16.3 Å². The average Bonchev–Trinajstić information content (AvgIpc) is 3.39. The van der Waals surface area contributed by atoms with E-state index < -0.39 is 0 Å². The number of rotatable bonds is 7. The number of thioether (sulfide) groups is 1. The summed E-state index contributed by atoms with van der Waals surface area (Å²) in [5.41, 5.74) is 6.61. The Morgan fingerprint density at radius 3 is 2.76 bits per heavy atom. The number of carbonyl (C=O) groups is 1. The van der Waals surface area contributed by atoms with Crippen LogP contribution in [-0.2, 0) is 17.1 Å². The molecule has 0 radical (unpaired) electrons. The highest BCUT2D eigenvalue weighted by Gasteiger charge is 2.30. The number of carbonyl (C=O) groups excluding carboxylic acids is 1. The van der Waals surface area contributed by atoms with Crippen molar-refractivity contribution in [2.45, 2.75) is 42.6 Å². The lowest BCUT2D eigenvalue weighted by molar-refractivity contribution is -0.118. The van der Waals surface area contributed by atoms with Gasteiger partial charge in [-0.25, -0.2) is 0 Å². The molecule has 0 atom stereocenters. The van der Waals surface area contributed by atoms with Gasteiger partial charge in [0.25, 0.3) is 0 Å². The largest absolute Gasteiger partial charge is 0.370 e. The van der Waals surface area contributed by atoms with E-state index in [0.717, 1.165) is 29.6 Å². The average molecular weight is 352 g/mol. The van der Waals surface area contributed by atoms with Crippen molar-refractivity contribution < 1.29 is 4.79 Å². The van der Waals surface area contributed by atoms with E-state index in [-0.39, 0.29) is 5.91 Å². The summed E-state index contributed by atoms with van der Waals surface area (Å²) in [5.74, 6) is 2.02. The molecule has 1 saturated carbocycles. The Labute approximate surface area is 150 Å². The SMILES string of the molecule is NC(=O)CCn1c(SCc2cccc3ccccc23)nnc1C1CC1. The van der Waals surface area contributed by atoms with Crippen LogP contribution in [0.3, 0.4) is 0 Å². The number of hydrogen-bond donors (Lipinski definition) is 1. The zero-order valence-electron chi connectivity index (χ0n) is 13.9. The standard InChI is InChI=1S/C19H20N4OS/c20-17(24)10-11-23-18(14-8-9-14)21-22-19(23)25-12-15-6-3-5-13-4-1-2-7-16(13)15/h1-7,14H,8-12H2,(H2,20,24). The molecule has 128 valence electrons. The van der Waals surface area contributed by atoms with Gasteiger partial charge in [0.2, 0.25) is 5.91 Å². The fourth-order valence-corrected chi connectivity index (χ4v) is 4.02. The second-order valence-corrected chi connectivity index (χ2v) is 7.35. The summed E-state index contributed by atoms with van der Waals surface area (Å²) >= 11 is 1.67. The predicted molar refractivity (Wildman–Crippen MR) is 99.3 cm³/mol. The third kappa shape index (κ3) is 3.54. The molecule has 1 heterocycles. The van der Waals surface area contributed by atoms with Crippen molar-refractivity contribution in [3.8, 4) is 0 Å². The summed E-state index contributed by atoms with van der Waals surface area (Å²) < 4.78 is 2.08. The van der Waals surface area contributed by atoms with E-state index in [0.29, 0.717) is 18.9 Å². The molecular formula is C19H20N4OS. The number of fused-ring (bicyclic) bond motifs is 1. The molecular weight excluding hydrogens is 332 g/mol. The third-order valence-electron chi connectivity index (χ3n) is 4.51. The molecule has 25 heavy (non-hydrogen) atoms. The van der Waals surface area contributed by atoms with Gasteiger partial charge in [0.15, 0.2) is 5.16 Å². The molecule has 1 aromatic heterocycles. The van der Waals surface area contributed by atoms with Crippen LogP contribution in [0.5, 0.6) is 0 Å². The van der Waals surface area contributed by atoms with Gasteiger partial charge < -0.3 is 10.3 Å². The quantitative estimate of drug-likeness (QED) is 0.661. The lowest BCUT2D eigenvalue weighted by Gasteiger charge is -2.09. The Bertz CT molecular complexity index is 911. The van der Waals surface area contributed by atoms with Crippen LogP contribution in [0, 0.1) is 0 Å². The Morgan fingerprint density at radius 1 is 1.16 bits per heavy atom. The molecule has 0 saturated heterocycles. The first kappa shape index (κ1) is 16.1. The van der Waals surface area contributed by atoms with Crippen molar-refractivity contribution in [1.82, 2.24) is 14.8 Å². The predicted octanol–water partition coefficient (Wildman–Crippen LogP) is 3.48. The van der Waals surface area contributed by atoms with Gasteiger partial charge in [-0.1, -0.05) is 54.2 Å². The molecule has 1 amide bonds. The van der Waals surface area contributed by atoms with E-state index in [1.54, 1.807) is 11.8 Å². The van der Waals surface area contributed by atoms with E-state index in [2.05, 4.69) is 57.2 Å². The van der Waals surface area contributed by atoms with E-state index in [4.69, 9.17) is 5.73 Å². The molecule has 0 bridgehead atoms. The summed E-state index contributed by atoms with van der Waals surface area (Å²) in [7, 11) is 0. The molecule has 3 aromatic rings. The number of primary amides is 1. The van der Waals surface area contributed by atoms with Crippen LogP contribution in [0.25, 0.3) is 10.8 Å². The van der Waals surface area contributed by atoms with Gasteiger partial charge in [0, 0.05) is 24.6 Å². The summed E-state index contributed by atoms with van der Waals surface area (Å²) in [6.45, 7) is 0.562. The molecule has 1 aliphatic rings. The molecule has 5 nitrogen and oxygen atoms in total. The smallest absolute Gasteiger partial charge is 0.219 e. The summed E-state index contributed by atoms with van der Waals surface area (Å²) in [6, 6.07) is 14.8. The van der Waals surface area contributed by atoms with Gasteiger partial charge in [-0.3, -0.25) is 4.79 Å². The first-order chi connectivity index (χ1) is 12.2. The van der Waals surface area contributed by atoms with Crippen molar-refractivity contribution in [1.29, 1.82) is 0 Å². The van der Waals surface area contributed by atoms with Crippen molar-refractivity contribution >= 4 is 28.4 Å². The van der Waals surface area contributed by atoms with Crippen LogP contribution in [0.1, 0.15) is 36.6 Å². The molecule has 0 spiro atoms.